The topological polar surface area (TPSA) is 278 Å². The molecule has 0 unspecified atom stereocenters. The van der Waals surface area contributed by atoms with Gasteiger partial charge in [-0.2, -0.15) is 0 Å². The molecule has 2 aliphatic heterocycles. The van der Waals surface area contributed by atoms with E-state index in [0.717, 1.165) is 30.4 Å². The van der Waals surface area contributed by atoms with E-state index in [1.54, 1.807) is 152 Å². The highest BCUT2D eigenvalue weighted by atomic mass is 19.1. The number of likely N-dealkylation sites (tertiary alicyclic amines) is 2. The number of aromatic nitrogens is 6. The van der Waals surface area contributed by atoms with Crippen LogP contribution < -0.4 is 10.6 Å². The molecule has 5 heterocycles. The Morgan fingerprint density at radius 3 is 1.33 bits per heavy atom. The molecule has 0 radical (unpaired) electrons. The third kappa shape index (κ3) is 22.9. The van der Waals surface area contributed by atoms with Gasteiger partial charge in [0.05, 0.1) is 31.2 Å². The highest BCUT2D eigenvalue weighted by Gasteiger charge is 2.41. The minimum Gasteiger partial charge on any atom is -0.476 e. The lowest BCUT2D eigenvalue weighted by Gasteiger charge is -2.35. The summed E-state index contributed by atoms with van der Waals surface area (Å²) in [6, 6.07) is 9.10. The van der Waals surface area contributed by atoms with E-state index >= 15 is 0 Å². The summed E-state index contributed by atoms with van der Waals surface area (Å²) in [7, 11) is 6.78. The number of carboxylic acid groups (broad SMARTS) is 1. The Bertz CT molecular complexity index is 3280. The Labute approximate surface area is 550 Å². The number of aromatic carboxylic acids is 1. The zero-order valence-corrected chi connectivity index (χ0v) is 56.9. The Kier molecular flexibility index (Phi) is 29.3. The van der Waals surface area contributed by atoms with Gasteiger partial charge in [-0.25, -0.2) is 33.3 Å². The Balaban J connectivity index is 0.000000302. The molecule has 0 aliphatic carbocycles. The fourth-order valence-electron chi connectivity index (χ4n) is 10.7. The van der Waals surface area contributed by atoms with E-state index in [1.165, 1.54) is 48.7 Å². The Morgan fingerprint density at radius 2 is 1.00 bits per heavy atom. The highest BCUT2D eigenvalue weighted by molar-refractivity contribution is 5.94. The van der Waals surface area contributed by atoms with E-state index in [9.17, 15) is 47.1 Å². The largest absolute Gasteiger partial charge is 0.476 e. The summed E-state index contributed by atoms with van der Waals surface area (Å²) in [4.78, 5) is 124. The van der Waals surface area contributed by atoms with Crippen LogP contribution in [0.3, 0.4) is 0 Å². The SMILES string of the molecule is CCO[C@H](C)[C@H](NC(=O)[C@H](C)CC)C(=O)N1CCC[C@H]1CN(CCc1ccc(F)cc1)C(=O)c1cn(C)cn1.CCO[C@H](C)[C@H](NC(=O)[C@H](C)N(C)C(=O)OC(C)(C)C)C(=O)N1CCC[C@H]1CN(CCc1ccc(F)cc1)C(=O)c1cn(C)cn1.Cn1cnc(C(=O)O)c1. The van der Waals surface area contributed by atoms with Gasteiger partial charge in [0.15, 0.2) is 5.69 Å². The van der Waals surface area contributed by atoms with Crippen molar-refractivity contribution < 1.29 is 66.5 Å². The van der Waals surface area contributed by atoms with Crippen molar-refractivity contribution >= 4 is 47.5 Å². The molecule has 25 nitrogen and oxygen atoms in total. The van der Waals surface area contributed by atoms with Crippen molar-refractivity contribution in [1.82, 2.24) is 63.8 Å². The average Bonchev–Trinajstić information content (AvgIpc) is 1.58. The minimum atomic E-state index is -1.03. The van der Waals surface area contributed by atoms with Crippen molar-refractivity contribution in [3.8, 4) is 0 Å². The number of amides is 7. The first kappa shape index (κ1) is 76.1. The van der Waals surface area contributed by atoms with Gasteiger partial charge in [0.2, 0.25) is 23.6 Å². The van der Waals surface area contributed by atoms with Crippen LogP contribution >= 0.6 is 0 Å². The Morgan fingerprint density at radius 1 is 0.617 bits per heavy atom. The number of carbonyl (C=O) groups is 8. The number of carbonyl (C=O) groups excluding carboxylic acids is 7. The number of nitrogens with zero attached hydrogens (tertiary/aromatic N) is 11. The van der Waals surface area contributed by atoms with Gasteiger partial charge in [0.1, 0.15) is 46.7 Å². The minimum absolute atomic E-state index is 0.0810. The first-order valence-electron chi connectivity index (χ1n) is 32.1. The molecule has 7 rings (SSSR count). The lowest BCUT2D eigenvalue weighted by Crippen LogP contribution is -2.59. The number of ether oxygens (including phenoxy) is 3. The summed E-state index contributed by atoms with van der Waals surface area (Å²) in [6.07, 6.45) is 12.2. The van der Waals surface area contributed by atoms with Crippen molar-refractivity contribution in [1.29, 1.82) is 0 Å². The van der Waals surface area contributed by atoms with Gasteiger partial charge in [-0.15, -0.1) is 0 Å². The summed E-state index contributed by atoms with van der Waals surface area (Å²) in [5.74, 6) is -3.57. The number of imidazole rings is 3. The van der Waals surface area contributed by atoms with Gasteiger partial charge in [-0.1, -0.05) is 38.1 Å². The quantitative estimate of drug-likeness (QED) is 0.0493. The molecule has 3 aromatic heterocycles. The van der Waals surface area contributed by atoms with Gasteiger partial charge in [-0.3, -0.25) is 33.7 Å². The summed E-state index contributed by atoms with van der Waals surface area (Å²) in [5.41, 5.74) is 1.75. The number of nitrogens with one attached hydrogen (secondary N) is 2. The van der Waals surface area contributed by atoms with Crippen LogP contribution in [0.25, 0.3) is 0 Å². The van der Waals surface area contributed by atoms with Crippen molar-refractivity contribution in [2.45, 2.75) is 162 Å². The van der Waals surface area contributed by atoms with E-state index in [2.05, 4.69) is 25.6 Å². The highest BCUT2D eigenvalue weighted by Crippen LogP contribution is 2.25. The normalized spacial score (nSPS) is 16.4. The van der Waals surface area contributed by atoms with Crippen LogP contribution in [0.1, 0.15) is 144 Å². The molecule has 3 N–H and O–H groups in total. The molecule has 2 fully saturated rings. The van der Waals surface area contributed by atoms with E-state index in [4.69, 9.17) is 19.3 Å². The monoisotopic (exact) mass is 1310 g/mol. The molecule has 8 atom stereocenters. The number of aryl methyl sites for hydroxylation is 3. The van der Waals surface area contributed by atoms with Crippen LogP contribution in [0.5, 0.6) is 0 Å². The van der Waals surface area contributed by atoms with E-state index in [1.807, 2.05) is 20.8 Å². The second-order valence-corrected chi connectivity index (χ2v) is 24.9. The number of halogens is 2. The van der Waals surface area contributed by atoms with Gasteiger partial charge in [0, 0.05) is 117 Å². The predicted molar refractivity (Wildman–Crippen MR) is 347 cm³/mol. The summed E-state index contributed by atoms with van der Waals surface area (Å²) in [6.45, 7) is 20.8. The number of benzene rings is 2. The number of hydrogen-bond donors (Lipinski definition) is 3. The molecule has 27 heteroatoms. The fraction of sp³-hybridized carbons (Fsp3) is 0.567. The predicted octanol–water partition coefficient (Wildman–Crippen LogP) is 6.71. The van der Waals surface area contributed by atoms with Crippen LogP contribution in [-0.2, 0) is 67.4 Å². The first-order chi connectivity index (χ1) is 44.4. The Hall–Kier alpha value is -8.59. The lowest BCUT2D eigenvalue weighted by molar-refractivity contribution is -0.142. The van der Waals surface area contributed by atoms with E-state index in [0.29, 0.717) is 77.3 Å². The second-order valence-electron chi connectivity index (χ2n) is 24.9. The molecular formula is C67H97F2N13O12. The fourth-order valence-corrected chi connectivity index (χ4v) is 10.7. The third-order valence-corrected chi connectivity index (χ3v) is 16.3. The molecular weight excluding hydrogens is 1220 g/mol. The molecule has 7 amide bonds. The van der Waals surface area contributed by atoms with Crippen molar-refractivity contribution in [2.75, 3.05) is 59.5 Å². The van der Waals surface area contributed by atoms with Gasteiger partial charge in [0.25, 0.3) is 11.8 Å². The van der Waals surface area contributed by atoms with Crippen molar-refractivity contribution in [2.24, 2.45) is 27.1 Å². The molecule has 0 spiro atoms. The average molecular weight is 1310 g/mol. The zero-order valence-electron chi connectivity index (χ0n) is 56.9. The number of rotatable bonds is 27. The van der Waals surface area contributed by atoms with Gasteiger partial charge >= 0.3 is 12.1 Å². The second kappa shape index (κ2) is 36.2. The smallest absolute Gasteiger partial charge is 0.410 e. The summed E-state index contributed by atoms with van der Waals surface area (Å²) in [5, 5.41) is 14.1. The van der Waals surface area contributed by atoms with Gasteiger partial charge < -0.3 is 63.3 Å². The van der Waals surface area contributed by atoms with Crippen LogP contribution in [0.15, 0.2) is 86.1 Å². The molecule has 2 saturated heterocycles. The van der Waals surface area contributed by atoms with E-state index < -0.39 is 53.9 Å². The van der Waals surface area contributed by atoms with E-state index in [-0.39, 0.29) is 77.1 Å². The standard InChI is InChI=1S/C33H49FN6O6.C29H42FN5O4.C5H6N2O2/c1-9-45-23(3)28(36-29(41)22(2)38(8)32(44)46-33(4,5)6)31(43)40-17-10-11-26(40)19-39(30(42)27-20-37(7)21-35-27)18-16-24-12-14-25(34)15-13-24;1-6-20(3)27(36)32-26(21(4)39-7-2)29(38)35-15-8-9-24(35)17-34(28(37)25-18-33(5)19-31-25)16-14-22-10-12-23(30)13-11-22;1-7-2-4(5(8)9)6-3-7/h12-15,20-23,26,28H,9-11,16-19H2,1-8H3,(H,36,41);10-13,18-21,24,26H,6-9,14-17H2,1-5H3,(H,32,36);2-3H,1H3,(H,8,9)/t22-,23+,26-,28-;20-,21-,24+,26+;/m01./s1. The van der Waals surface area contributed by atoms with Crippen LogP contribution in [0, 0.1) is 17.6 Å². The van der Waals surface area contributed by atoms with Gasteiger partial charge in [-0.05, 0) is 136 Å². The molecule has 2 aromatic carbocycles. The molecule has 516 valence electrons. The summed E-state index contributed by atoms with van der Waals surface area (Å²) >= 11 is 0. The maximum atomic E-state index is 14.1. The first-order valence-corrected chi connectivity index (χ1v) is 32.1. The number of carboxylic acids is 1. The van der Waals surface area contributed by atoms with Crippen LogP contribution in [0.4, 0.5) is 13.6 Å². The summed E-state index contributed by atoms with van der Waals surface area (Å²) < 4.78 is 48.8. The molecule has 2 aliphatic rings. The number of likely N-dealkylation sites (N-methyl/N-ethyl adjacent to an activating group) is 1. The van der Waals surface area contributed by atoms with Crippen LogP contribution in [-0.4, -0.2) is 213 Å². The third-order valence-electron chi connectivity index (χ3n) is 16.3. The maximum absolute atomic E-state index is 14.1. The maximum Gasteiger partial charge on any atom is 0.410 e. The number of hydrogen-bond acceptors (Lipinski definition) is 14. The molecule has 5 aromatic rings. The van der Waals surface area contributed by atoms with Crippen molar-refractivity contribution in [3.63, 3.8) is 0 Å². The zero-order chi connectivity index (χ0) is 69.6. The van der Waals surface area contributed by atoms with Crippen molar-refractivity contribution in [3.05, 3.63) is 126 Å². The lowest BCUT2D eigenvalue weighted by atomic mass is 10.1. The molecule has 0 saturated carbocycles. The molecule has 94 heavy (non-hydrogen) atoms. The molecule has 0 bridgehead atoms. The van der Waals surface area contributed by atoms with Crippen LogP contribution in [0.2, 0.25) is 0 Å².